The van der Waals surface area contributed by atoms with Crippen molar-refractivity contribution in [2.45, 2.75) is 25.3 Å². The minimum atomic E-state index is 0.236. The second kappa shape index (κ2) is 3.35. The molecule has 0 bridgehead atoms. The molecule has 0 saturated heterocycles. The standard InChI is InChI=1S/C14H15N/c15-13-7-3-5-11-9-8-10-4-1-2-6-12(10)14(11)13/h1-2,4,6,8-9,13H,3,5,7,15H2/t13-/m0/s1. The van der Waals surface area contributed by atoms with E-state index in [9.17, 15) is 0 Å². The molecule has 0 heterocycles. The number of nitrogens with two attached hydrogens (primary N) is 1. The molecule has 0 radical (unpaired) electrons. The summed E-state index contributed by atoms with van der Waals surface area (Å²) in [6, 6.07) is 13.2. The molecule has 1 aliphatic carbocycles. The predicted octanol–water partition coefficient (Wildman–Crippen LogP) is 3.18. The molecular weight excluding hydrogens is 182 g/mol. The summed E-state index contributed by atoms with van der Waals surface area (Å²) in [6.45, 7) is 0. The third-order valence-electron chi connectivity index (χ3n) is 3.39. The van der Waals surface area contributed by atoms with Crippen LogP contribution in [-0.4, -0.2) is 0 Å². The summed E-state index contributed by atoms with van der Waals surface area (Å²) >= 11 is 0. The van der Waals surface area contributed by atoms with E-state index in [0.29, 0.717) is 0 Å². The van der Waals surface area contributed by atoms with Crippen LogP contribution in [0.15, 0.2) is 36.4 Å². The Labute approximate surface area is 89.9 Å². The maximum Gasteiger partial charge on any atom is 0.0303 e. The molecular formula is C14H15N. The first-order valence-electron chi connectivity index (χ1n) is 5.62. The Bertz CT molecular complexity index is 502. The van der Waals surface area contributed by atoms with E-state index < -0.39 is 0 Å². The number of hydrogen-bond acceptors (Lipinski definition) is 1. The Morgan fingerprint density at radius 3 is 2.87 bits per heavy atom. The Kier molecular flexibility index (Phi) is 2.00. The molecule has 0 saturated carbocycles. The average molecular weight is 197 g/mol. The second-order valence-electron chi connectivity index (χ2n) is 4.36. The molecule has 1 atom stereocenters. The molecule has 0 fully saturated rings. The van der Waals surface area contributed by atoms with Gasteiger partial charge in [-0.2, -0.15) is 0 Å². The van der Waals surface area contributed by atoms with Gasteiger partial charge in [-0.05, 0) is 41.2 Å². The van der Waals surface area contributed by atoms with Crippen molar-refractivity contribution in [2.24, 2.45) is 5.73 Å². The minimum absolute atomic E-state index is 0.236. The van der Waals surface area contributed by atoms with Crippen molar-refractivity contribution in [2.75, 3.05) is 0 Å². The van der Waals surface area contributed by atoms with E-state index in [4.69, 9.17) is 5.73 Å². The van der Waals surface area contributed by atoms with Crippen LogP contribution in [0.25, 0.3) is 10.8 Å². The Morgan fingerprint density at radius 1 is 1.07 bits per heavy atom. The number of fused-ring (bicyclic) bond motifs is 3. The van der Waals surface area contributed by atoms with Gasteiger partial charge >= 0.3 is 0 Å². The fourth-order valence-corrected chi connectivity index (χ4v) is 2.65. The van der Waals surface area contributed by atoms with Gasteiger partial charge in [0.05, 0.1) is 0 Å². The van der Waals surface area contributed by atoms with Crippen LogP contribution in [-0.2, 0) is 6.42 Å². The van der Waals surface area contributed by atoms with Crippen LogP contribution in [0.3, 0.4) is 0 Å². The molecule has 1 aliphatic rings. The summed E-state index contributed by atoms with van der Waals surface area (Å²) in [5.74, 6) is 0. The highest BCUT2D eigenvalue weighted by Gasteiger charge is 2.18. The van der Waals surface area contributed by atoms with Crippen molar-refractivity contribution < 1.29 is 0 Å². The molecule has 3 rings (SSSR count). The number of rotatable bonds is 0. The monoisotopic (exact) mass is 197 g/mol. The van der Waals surface area contributed by atoms with Gasteiger partial charge in [0.2, 0.25) is 0 Å². The van der Waals surface area contributed by atoms with Crippen molar-refractivity contribution in [1.29, 1.82) is 0 Å². The van der Waals surface area contributed by atoms with Gasteiger partial charge in [0, 0.05) is 6.04 Å². The van der Waals surface area contributed by atoms with Crippen molar-refractivity contribution in [3.05, 3.63) is 47.5 Å². The van der Waals surface area contributed by atoms with E-state index in [2.05, 4.69) is 36.4 Å². The topological polar surface area (TPSA) is 26.0 Å². The van der Waals surface area contributed by atoms with E-state index in [0.717, 1.165) is 6.42 Å². The highest BCUT2D eigenvalue weighted by atomic mass is 14.6. The van der Waals surface area contributed by atoms with Gasteiger partial charge in [0.1, 0.15) is 0 Å². The molecule has 76 valence electrons. The summed E-state index contributed by atoms with van der Waals surface area (Å²) < 4.78 is 0. The molecule has 1 heteroatoms. The molecule has 0 amide bonds. The van der Waals surface area contributed by atoms with Crippen molar-refractivity contribution in [1.82, 2.24) is 0 Å². The SMILES string of the molecule is N[C@H]1CCCc2ccc3ccccc3c21. The van der Waals surface area contributed by atoms with Crippen molar-refractivity contribution in [3.63, 3.8) is 0 Å². The van der Waals surface area contributed by atoms with Crippen LogP contribution in [0.4, 0.5) is 0 Å². The van der Waals surface area contributed by atoms with Crippen LogP contribution in [0.5, 0.6) is 0 Å². The van der Waals surface area contributed by atoms with Crippen LogP contribution in [0, 0.1) is 0 Å². The average Bonchev–Trinajstić information content (AvgIpc) is 2.29. The number of hydrogen-bond donors (Lipinski definition) is 1. The van der Waals surface area contributed by atoms with Gasteiger partial charge in [-0.3, -0.25) is 0 Å². The smallest absolute Gasteiger partial charge is 0.0303 e. The molecule has 15 heavy (non-hydrogen) atoms. The third kappa shape index (κ3) is 1.35. The van der Waals surface area contributed by atoms with Gasteiger partial charge in [-0.15, -0.1) is 0 Å². The lowest BCUT2D eigenvalue weighted by Crippen LogP contribution is -2.17. The Morgan fingerprint density at radius 2 is 1.93 bits per heavy atom. The molecule has 1 nitrogen and oxygen atoms in total. The van der Waals surface area contributed by atoms with E-state index in [1.54, 1.807) is 0 Å². The number of aryl methyl sites for hydroxylation is 1. The van der Waals surface area contributed by atoms with E-state index >= 15 is 0 Å². The first-order valence-corrected chi connectivity index (χ1v) is 5.62. The van der Waals surface area contributed by atoms with Crippen molar-refractivity contribution >= 4 is 10.8 Å². The largest absolute Gasteiger partial charge is 0.324 e. The first-order chi connectivity index (χ1) is 7.36. The molecule has 2 aromatic carbocycles. The molecule has 0 unspecified atom stereocenters. The summed E-state index contributed by atoms with van der Waals surface area (Å²) in [4.78, 5) is 0. The zero-order chi connectivity index (χ0) is 10.3. The van der Waals surface area contributed by atoms with E-state index in [1.807, 2.05) is 0 Å². The van der Waals surface area contributed by atoms with E-state index in [-0.39, 0.29) is 6.04 Å². The fourth-order valence-electron chi connectivity index (χ4n) is 2.65. The molecule has 0 spiro atoms. The van der Waals surface area contributed by atoms with Crippen LogP contribution >= 0.6 is 0 Å². The lowest BCUT2D eigenvalue weighted by atomic mass is 9.85. The van der Waals surface area contributed by atoms with Gasteiger partial charge in [0.25, 0.3) is 0 Å². The zero-order valence-corrected chi connectivity index (χ0v) is 8.74. The quantitative estimate of drug-likeness (QED) is 0.689. The highest BCUT2D eigenvalue weighted by molar-refractivity contribution is 5.87. The second-order valence-corrected chi connectivity index (χ2v) is 4.36. The van der Waals surface area contributed by atoms with Gasteiger partial charge in [-0.25, -0.2) is 0 Å². The zero-order valence-electron chi connectivity index (χ0n) is 8.74. The van der Waals surface area contributed by atoms with Gasteiger partial charge < -0.3 is 5.73 Å². The lowest BCUT2D eigenvalue weighted by Gasteiger charge is -2.23. The number of benzene rings is 2. The predicted molar refractivity (Wildman–Crippen MR) is 63.8 cm³/mol. The van der Waals surface area contributed by atoms with Crippen LogP contribution in [0.2, 0.25) is 0 Å². The van der Waals surface area contributed by atoms with Crippen LogP contribution in [0.1, 0.15) is 30.0 Å². The highest BCUT2D eigenvalue weighted by Crippen LogP contribution is 2.33. The third-order valence-corrected chi connectivity index (χ3v) is 3.39. The fraction of sp³-hybridized carbons (Fsp3) is 0.286. The van der Waals surface area contributed by atoms with Gasteiger partial charge in [-0.1, -0.05) is 36.4 Å². The molecule has 0 aliphatic heterocycles. The lowest BCUT2D eigenvalue weighted by molar-refractivity contribution is 0.575. The molecule has 2 aromatic rings. The van der Waals surface area contributed by atoms with Crippen molar-refractivity contribution in [3.8, 4) is 0 Å². The Balaban J connectivity index is 2.35. The van der Waals surface area contributed by atoms with E-state index in [1.165, 1.54) is 34.7 Å². The minimum Gasteiger partial charge on any atom is -0.324 e. The summed E-state index contributed by atoms with van der Waals surface area (Å²) in [5, 5.41) is 2.66. The summed E-state index contributed by atoms with van der Waals surface area (Å²) in [6.07, 6.45) is 3.54. The van der Waals surface area contributed by atoms with Gasteiger partial charge in [0.15, 0.2) is 0 Å². The summed E-state index contributed by atoms with van der Waals surface area (Å²) in [5.41, 5.74) is 9.05. The summed E-state index contributed by atoms with van der Waals surface area (Å²) in [7, 11) is 0. The molecule has 0 aromatic heterocycles. The van der Waals surface area contributed by atoms with Crippen LogP contribution < -0.4 is 5.73 Å². The maximum atomic E-state index is 6.21. The normalized spacial score (nSPS) is 20.2. The molecule has 2 N–H and O–H groups in total. The maximum absolute atomic E-state index is 6.21. The first kappa shape index (κ1) is 8.93. The Hall–Kier alpha value is -1.34.